The molecule has 0 saturated carbocycles. The van der Waals surface area contributed by atoms with E-state index in [4.69, 9.17) is 9.26 Å². The first-order chi connectivity index (χ1) is 18.9. The third kappa shape index (κ3) is 7.22. The fourth-order valence-corrected chi connectivity index (χ4v) is 5.38. The molecule has 0 spiro atoms. The van der Waals surface area contributed by atoms with Crippen LogP contribution in [0.1, 0.15) is 25.6 Å². The van der Waals surface area contributed by atoms with Gasteiger partial charge in [-0.1, -0.05) is 41.6 Å². The van der Waals surface area contributed by atoms with Gasteiger partial charge in [0, 0.05) is 43.0 Å². The number of ether oxygens (including phenoxy) is 1. The number of piperidine rings is 3. The first kappa shape index (κ1) is 29.2. The molecule has 1 aromatic heterocycles. The summed E-state index contributed by atoms with van der Waals surface area (Å²) in [6.07, 6.45) is 2.23. The molecule has 3 saturated heterocycles. The van der Waals surface area contributed by atoms with Gasteiger partial charge in [0.1, 0.15) is 24.7 Å². The summed E-state index contributed by atoms with van der Waals surface area (Å²) in [4.78, 5) is 15.9. The third-order valence-electron chi connectivity index (χ3n) is 7.31. The third-order valence-corrected chi connectivity index (χ3v) is 7.31. The minimum atomic E-state index is -0.472. The number of carbonyl (C=O) groups is 1. The van der Waals surface area contributed by atoms with E-state index in [0.29, 0.717) is 11.8 Å². The van der Waals surface area contributed by atoms with Gasteiger partial charge in [-0.3, -0.25) is 4.79 Å². The number of halogens is 3. The topological polar surface area (TPSA) is 77.2 Å². The predicted molar refractivity (Wildman–Crippen MR) is 143 cm³/mol. The number of para-hydroxylation sites is 1. The van der Waals surface area contributed by atoms with Crippen LogP contribution in [0.25, 0.3) is 11.5 Å². The van der Waals surface area contributed by atoms with Crippen LogP contribution >= 0.6 is 0 Å². The van der Waals surface area contributed by atoms with E-state index in [1.807, 2.05) is 48.5 Å². The maximum absolute atomic E-state index is 13.2. The Morgan fingerprint density at radius 3 is 2.38 bits per heavy atom. The van der Waals surface area contributed by atoms with Crippen molar-refractivity contribution >= 4 is 17.3 Å². The van der Waals surface area contributed by atoms with E-state index in [-0.39, 0.29) is 30.2 Å². The summed E-state index contributed by atoms with van der Waals surface area (Å²) in [7, 11) is 0. The van der Waals surface area contributed by atoms with Gasteiger partial charge >= 0.3 is 5.97 Å². The molecule has 1 N–H and O–H groups in total. The number of fused-ring (bicyclic) bond motifs is 3. The Labute approximate surface area is 238 Å². The summed E-state index contributed by atoms with van der Waals surface area (Å²) in [5.41, 5.74) is 1.80. The number of anilines is 2. The van der Waals surface area contributed by atoms with Gasteiger partial charge in [-0.2, -0.15) is 4.98 Å². The smallest absolute Gasteiger partial charge is 0.303 e. The number of hydrogen-bond donors (Lipinski definition) is 1. The first-order valence-electron chi connectivity index (χ1n) is 13.1. The van der Waals surface area contributed by atoms with E-state index in [1.54, 1.807) is 12.1 Å². The van der Waals surface area contributed by atoms with Crippen molar-refractivity contribution in [2.45, 2.75) is 32.4 Å². The van der Waals surface area contributed by atoms with Crippen LogP contribution in [0.15, 0.2) is 83.4 Å². The van der Waals surface area contributed by atoms with Crippen molar-refractivity contribution in [3.05, 3.63) is 96.3 Å². The molecule has 2 bridgehead atoms. The summed E-state index contributed by atoms with van der Waals surface area (Å²) in [5.74, 6) is 0.690. The lowest BCUT2D eigenvalue weighted by Crippen LogP contribution is -3.00. The number of nitrogens with zero attached hydrogens (tertiary/aromatic N) is 3. The quantitative estimate of drug-likeness (QED) is 0.285. The zero-order valence-corrected chi connectivity index (χ0v) is 22.9. The standard InChI is InChI=1S/C18H22N3O3.C12H9F2N.ClH/c1-13(22)23-16-11-21(9-7-14(16)8-10-21)12-17-19-18(24-20-17)15-5-3-2-4-6-15;13-9-6-7-11(14)12(8-9)15-10-4-2-1-3-5-10;/h2-6,14,16H,7-12H2,1H3;1-8,15H;1H/q+1;;/p-1. The largest absolute Gasteiger partial charge is 1.00 e. The zero-order valence-electron chi connectivity index (χ0n) is 22.1. The second kappa shape index (κ2) is 13.0. The number of hydrogen-bond acceptors (Lipinski definition) is 6. The Morgan fingerprint density at radius 1 is 1.02 bits per heavy atom. The Hall–Kier alpha value is -3.82. The Balaban J connectivity index is 0.000000200. The van der Waals surface area contributed by atoms with Crippen LogP contribution in [0.4, 0.5) is 20.2 Å². The zero-order chi connectivity index (χ0) is 27.2. The molecule has 3 aliphatic rings. The lowest BCUT2D eigenvalue weighted by molar-refractivity contribution is -0.958. The summed E-state index contributed by atoms with van der Waals surface area (Å²) in [5, 5.41) is 6.97. The minimum Gasteiger partial charge on any atom is -1.00 e. The monoisotopic (exact) mass is 568 g/mol. The number of benzene rings is 3. The van der Waals surface area contributed by atoms with Crippen LogP contribution in [-0.2, 0) is 16.1 Å². The van der Waals surface area contributed by atoms with Gasteiger partial charge in [0.05, 0.1) is 18.8 Å². The fraction of sp³-hybridized carbons (Fsp3) is 0.300. The van der Waals surface area contributed by atoms with E-state index in [1.165, 1.54) is 6.92 Å². The van der Waals surface area contributed by atoms with Crippen LogP contribution in [0.2, 0.25) is 0 Å². The lowest BCUT2D eigenvalue weighted by Gasteiger charge is -2.51. The first-order valence-corrected chi connectivity index (χ1v) is 13.1. The summed E-state index contributed by atoms with van der Waals surface area (Å²) < 4.78 is 37.9. The van der Waals surface area contributed by atoms with Crippen LogP contribution < -0.4 is 17.7 Å². The molecule has 4 heterocycles. The highest BCUT2D eigenvalue weighted by Gasteiger charge is 2.48. The molecule has 3 aromatic carbocycles. The van der Waals surface area contributed by atoms with E-state index in [2.05, 4.69) is 15.5 Å². The highest BCUT2D eigenvalue weighted by Crippen LogP contribution is 2.37. The molecule has 0 amide bonds. The summed E-state index contributed by atoms with van der Waals surface area (Å²) in [6, 6.07) is 22.2. The van der Waals surface area contributed by atoms with Crippen LogP contribution in [0.5, 0.6) is 0 Å². The lowest BCUT2D eigenvalue weighted by atomic mass is 9.83. The average Bonchev–Trinajstić information content (AvgIpc) is 3.40. The molecule has 0 aliphatic carbocycles. The highest BCUT2D eigenvalue weighted by atomic mass is 35.5. The number of nitrogens with one attached hydrogen (secondary N) is 1. The molecule has 7 nitrogen and oxygen atoms in total. The van der Waals surface area contributed by atoms with E-state index in [0.717, 1.165) is 78.8 Å². The maximum atomic E-state index is 13.2. The number of esters is 1. The maximum Gasteiger partial charge on any atom is 0.303 e. The normalized spacial score (nSPS) is 21.0. The Morgan fingerprint density at radius 2 is 1.70 bits per heavy atom. The Kier molecular flexibility index (Phi) is 9.50. The van der Waals surface area contributed by atoms with Gasteiger partial charge in [-0.05, 0) is 36.4 Å². The number of rotatable bonds is 6. The van der Waals surface area contributed by atoms with Crippen LogP contribution in [0.3, 0.4) is 0 Å². The van der Waals surface area contributed by atoms with E-state index < -0.39 is 11.6 Å². The van der Waals surface area contributed by atoms with Crippen molar-refractivity contribution in [1.29, 1.82) is 0 Å². The fourth-order valence-electron chi connectivity index (χ4n) is 5.38. The van der Waals surface area contributed by atoms with Gasteiger partial charge in [0.2, 0.25) is 5.82 Å². The molecule has 1 unspecified atom stereocenters. The molecule has 3 aliphatic heterocycles. The molecule has 0 radical (unpaired) electrons. The predicted octanol–water partition coefficient (Wildman–Crippen LogP) is 3.12. The molecule has 210 valence electrons. The Bertz CT molecular complexity index is 1400. The van der Waals surface area contributed by atoms with Gasteiger partial charge < -0.3 is 31.5 Å². The number of aromatic nitrogens is 2. The van der Waals surface area contributed by atoms with Gasteiger partial charge in [-0.25, -0.2) is 8.78 Å². The van der Waals surface area contributed by atoms with Crippen molar-refractivity contribution in [3.8, 4) is 11.5 Å². The minimum absolute atomic E-state index is 0. The van der Waals surface area contributed by atoms with Crippen molar-refractivity contribution < 1.29 is 39.7 Å². The van der Waals surface area contributed by atoms with Gasteiger partial charge in [0.15, 0.2) is 6.10 Å². The second-order valence-corrected chi connectivity index (χ2v) is 10.1. The van der Waals surface area contributed by atoms with Crippen LogP contribution in [0, 0.1) is 17.6 Å². The molecular formula is C30H31ClF2N4O3. The highest BCUT2D eigenvalue weighted by molar-refractivity contribution is 5.66. The molecule has 10 heteroatoms. The van der Waals surface area contributed by atoms with Gasteiger partial charge in [0.25, 0.3) is 5.89 Å². The number of carbonyl (C=O) groups excluding carboxylic acids is 1. The van der Waals surface area contributed by atoms with Crippen molar-refractivity contribution in [2.24, 2.45) is 5.92 Å². The molecule has 1 atom stereocenters. The number of quaternary nitrogens is 1. The van der Waals surface area contributed by atoms with Gasteiger partial charge in [-0.15, -0.1) is 0 Å². The van der Waals surface area contributed by atoms with E-state index >= 15 is 0 Å². The molecule has 7 rings (SSSR count). The molecular weight excluding hydrogens is 538 g/mol. The summed E-state index contributed by atoms with van der Waals surface area (Å²) in [6.45, 7) is 5.28. The van der Waals surface area contributed by atoms with Crippen LogP contribution in [-0.4, -0.2) is 46.3 Å². The molecule has 4 aromatic rings. The summed E-state index contributed by atoms with van der Waals surface area (Å²) >= 11 is 0. The molecule has 40 heavy (non-hydrogen) atoms. The van der Waals surface area contributed by atoms with Crippen molar-refractivity contribution in [1.82, 2.24) is 10.1 Å². The molecule has 3 fully saturated rings. The van der Waals surface area contributed by atoms with E-state index in [9.17, 15) is 13.6 Å². The SMILES string of the molecule is CC(=O)OC1C[N+]2(Cc3noc(-c4ccccc4)n3)CCC1CC2.Fc1ccc(F)c(Nc2ccccc2)c1.[Cl-]. The average molecular weight is 569 g/mol. The van der Waals surface area contributed by atoms with Crippen molar-refractivity contribution in [3.63, 3.8) is 0 Å². The van der Waals surface area contributed by atoms with Crippen molar-refractivity contribution in [2.75, 3.05) is 25.0 Å². The second-order valence-electron chi connectivity index (χ2n) is 10.1.